The van der Waals surface area contributed by atoms with Crippen LogP contribution in [0.2, 0.25) is 0 Å². The van der Waals surface area contributed by atoms with E-state index >= 15 is 0 Å². The van der Waals surface area contributed by atoms with Crippen molar-refractivity contribution in [3.05, 3.63) is 11.6 Å². The second-order valence-corrected chi connectivity index (χ2v) is 3.54. The summed E-state index contributed by atoms with van der Waals surface area (Å²) in [7, 11) is 0. The van der Waals surface area contributed by atoms with Crippen LogP contribution in [0.15, 0.2) is 11.6 Å². The van der Waals surface area contributed by atoms with Gasteiger partial charge in [-0.1, -0.05) is 6.08 Å². The van der Waals surface area contributed by atoms with Crippen LogP contribution in [0.1, 0.15) is 19.3 Å². The molecule has 0 atom stereocenters. The van der Waals surface area contributed by atoms with E-state index in [-0.39, 0.29) is 12.8 Å². The first-order valence-electron chi connectivity index (χ1n) is 4.56. The van der Waals surface area contributed by atoms with E-state index in [1.54, 1.807) is 0 Å². The van der Waals surface area contributed by atoms with E-state index in [0.717, 1.165) is 0 Å². The normalized spacial score (nSPS) is 26.6. The summed E-state index contributed by atoms with van der Waals surface area (Å²) in [6.45, 7) is 0.963. The molecule has 1 fully saturated rings. The first kappa shape index (κ1) is 9.98. The average Bonchev–Trinajstić information content (AvgIpc) is 2.53. The van der Waals surface area contributed by atoms with Crippen molar-refractivity contribution >= 4 is 0 Å². The topological polar surface area (TPSA) is 18.5 Å². The third-order valence-corrected chi connectivity index (χ3v) is 2.61. The van der Waals surface area contributed by atoms with Gasteiger partial charge in [-0.05, 0) is 6.42 Å². The van der Waals surface area contributed by atoms with Gasteiger partial charge >= 0.3 is 6.18 Å². The number of hydrogen-bond donors (Lipinski definition) is 0. The summed E-state index contributed by atoms with van der Waals surface area (Å²) in [5, 5.41) is 0. The molecule has 1 aliphatic carbocycles. The van der Waals surface area contributed by atoms with Crippen molar-refractivity contribution in [2.45, 2.75) is 31.2 Å². The van der Waals surface area contributed by atoms with Gasteiger partial charge in [0.05, 0.1) is 13.2 Å². The minimum absolute atomic E-state index is 0.0104. The Morgan fingerprint density at radius 1 is 1.21 bits per heavy atom. The summed E-state index contributed by atoms with van der Waals surface area (Å²) in [6, 6.07) is 0. The second-order valence-electron chi connectivity index (χ2n) is 3.54. The van der Waals surface area contributed by atoms with Crippen molar-refractivity contribution in [3.63, 3.8) is 0 Å². The van der Waals surface area contributed by atoms with E-state index in [0.29, 0.717) is 19.6 Å². The second kappa shape index (κ2) is 3.24. The molecular weight excluding hydrogens is 197 g/mol. The number of ether oxygens (including phenoxy) is 2. The Balaban J connectivity index is 2.06. The van der Waals surface area contributed by atoms with Crippen LogP contribution in [0.3, 0.4) is 0 Å². The maximum Gasteiger partial charge on any atom is 0.412 e. The van der Waals surface area contributed by atoms with Gasteiger partial charge < -0.3 is 9.47 Å². The summed E-state index contributed by atoms with van der Waals surface area (Å²) in [6.07, 6.45) is -2.50. The van der Waals surface area contributed by atoms with Gasteiger partial charge in [0, 0.05) is 18.4 Å². The number of alkyl halides is 3. The molecule has 0 amide bonds. The van der Waals surface area contributed by atoms with Crippen LogP contribution in [-0.2, 0) is 9.47 Å². The van der Waals surface area contributed by atoms with E-state index < -0.39 is 17.5 Å². The Morgan fingerprint density at radius 3 is 2.29 bits per heavy atom. The van der Waals surface area contributed by atoms with Crippen LogP contribution >= 0.6 is 0 Å². The standard InChI is InChI=1S/C9H11F3O2/c10-9(11,12)7-1-3-8(4-2-7)13-5-6-14-8/h1H,2-6H2. The van der Waals surface area contributed by atoms with Gasteiger partial charge in [0.25, 0.3) is 0 Å². The predicted molar refractivity (Wildman–Crippen MR) is 42.6 cm³/mol. The molecule has 0 aromatic rings. The molecule has 5 heteroatoms. The van der Waals surface area contributed by atoms with Crippen LogP contribution in [-0.4, -0.2) is 25.2 Å². The van der Waals surface area contributed by atoms with E-state index in [1.165, 1.54) is 6.08 Å². The minimum Gasteiger partial charge on any atom is -0.347 e. The van der Waals surface area contributed by atoms with Crippen LogP contribution < -0.4 is 0 Å². The molecule has 2 rings (SSSR count). The maximum absolute atomic E-state index is 12.3. The van der Waals surface area contributed by atoms with E-state index in [4.69, 9.17) is 9.47 Å². The van der Waals surface area contributed by atoms with Gasteiger partial charge in [0.1, 0.15) is 0 Å². The highest BCUT2D eigenvalue weighted by Gasteiger charge is 2.43. The number of allylic oxidation sites excluding steroid dienone is 1. The lowest BCUT2D eigenvalue weighted by atomic mass is 9.94. The summed E-state index contributed by atoms with van der Waals surface area (Å²) in [4.78, 5) is 0. The molecule has 1 aliphatic heterocycles. The molecule has 0 N–H and O–H groups in total. The number of rotatable bonds is 0. The molecule has 1 heterocycles. The van der Waals surface area contributed by atoms with E-state index in [9.17, 15) is 13.2 Å². The Bertz CT molecular complexity index is 251. The third kappa shape index (κ3) is 1.79. The number of hydrogen-bond acceptors (Lipinski definition) is 2. The molecule has 0 bridgehead atoms. The highest BCUT2D eigenvalue weighted by molar-refractivity contribution is 5.14. The summed E-state index contributed by atoms with van der Waals surface area (Å²) < 4.78 is 47.4. The molecule has 0 unspecified atom stereocenters. The predicted octanol–water partition coefficient (Wildman–Crippen LogP) is 2.40. The lowest BCUT2D eigenvalue weighted by molar-refractivity contribution is -0.167. The smallest absolute Gasteiger partial charge is 0.347 e. The average molecular weight is 208 g/mol. The molecule has 1 saturated heterocycles. The van der Waals surface area contributed by atoms with Crippen molar-refractivity contribution < 1.29 is 22.6 Å². The SMILES string of the molecule is FC(F)(F)C1=CCC2(CC1)OCCO2. The van der Waals surface area contributed by atoms with Gasteiger partial charge in [0.2, 0.25) is 0 Å². The van der Waals surface area contributed by atoms with E-state index in [2.05, 4.69) is 0 Å². The zero-order valence-electron chi connectivity index (χ0n) is 7.56. The Morgan fingerprint density at radius 2 is 1.86 bits per heavy atom. The first-order chi connectivity index (χ1) is 6.52. The molecule has 14 heavy (non-hydrogen) atoms. The highest BCUT2D eigenvalue weighted by atomic mass is 19.4. The first-order valence-corrected chi connectivity index (χ1v) is 4.56. The molecule has 0 saturated carbocycles. The van der Waals surface area contributed by atoms with Crippen molar-refractivity contribution in [2.24, 2.45) is 0 Å². The summed E-state index contributed by atoms with van der Waals surface area (Å²) in [5.41, 5.74) is -0.456. The zero-order chi connectivity index (χ0) is 10.2. The van der Waals surface area contributed by atoms with Gasteiger partial charge in [0.15, 0.2) is 5.79 Å². The summed E-state index contributed by atoms with van der Waals surface area (Å²) >= 11 is 0. The molecule has 2 aliphatic rings. The lowest BCUT2D eigenvalue weighted by Gasteiger charge is -2.31. The quantitative estimate of drug-likeness (QED) is 0.569. The van der Waals surface area contributed by atoms with Gasteiger partial charge in [-0.3, -0.25) is 0 Å². The molecule has 0 aromatic heterocycles. The molecule has 0 radical (unpaired) electrons. The molecule has 0 aromatic carbocycles. The fourth-order valence-corrected chi connectivity index (χ4v) is 1.82. The summed E-state index contributed by atoms with van der Waals surface area (Å²) in [5.74, 6) is -0.755. The van der Waals surface area contributed by atoms with Crippen molar-refractivity contribution in [1.29, 1.82) is 0 Å². The fraction of sp³-hybridized carbons (Fsp3) is 0.778. The van der Waals surface area contributed by atoms with Gasteiger partial charge in [-0.25, -0.2) is 0 Å². The fourth-order valence-electron chi connectivity index (χ4n) is 1.82. The van der Waals surface area contributed by atoms with Gasteiger partial charge in [-0.15, -0.1) is 0 Å². The van der Waals surface area contributed by atoms with Crippen molar-refractivity contribution in [1.82, 2.24) is 0 Å². The largest absolute Gasteiger partial charge is 0.412 e. The molecular formula is C9H11F3O2. The monoisotopic (exact) mass is 208 g/mol. The third-order valence-electron chi connectivity index (χ3n) is 2.61. The molecule has 1 spiro atoms. The maximum atomic E-state index is 12.3. The van der Waals surface area contributed by atoms with E-state index in [1.807, 2.05) is 0 Å². The molecule has 80 valence electrons. The van der Waals surface area contributed by atoms with Crippen LogP contribution in [0, 0.1) is 0 Å². The van der Waals surface area contributed by atoms with Crippen molar-refractivity contribution in [2.75, 3.05) is 13.2 Å². The van der Waals surface area contributed by atoms with Crippen LogP contribution in [0.25, 0.3) is 0 Å². The van der Waals surface area contributed by atoms with Crippen LogP contribution in [0.5, 0.6) is 0 Å². The number of halogens is 3. The van der Waals surface area contributed by atoms with Crippen LogP contribution in [0.4, 0.5) is 13.2 Å². The van der Waals surface area contributed by atoms with Crippen molar-refractivity contribution in [3.8, 4) is 0 Å². The Kier molecular flexibility index (Phi) is 2.31. The molecule has 2 nitrogen and oxygen atoms in total. The lowest BCUT2D eigenvalue weighted by Crippen LogP contribution is -2.33. The zero-order valence-corrected chi connectivity index (χ0v) is 7.56. The van der Waals surface area contributed by atoms with Gasteiger partial charge in [-0.2, -0.15) is 13.2 Å². The Labute approximate surface area is 79.7 Å². The Hall–Kier alpha value is -0.550. The highest BCUT2D eigenvalue weighted by Crippen LogP contribution is 2.40. The minimum atomic E-state index is -4.19.